The van der Waals surface area contributed by atoms with Gasteiger partial charge >= 0.3 is 0 Å². The third kappa shape index (κ3) is 6.76. The van der Waals surface area contributed by atoms with Gasteiger partial charge in [0.2, 0.25) is 5.91 Å². The van der Waals surface area contributed by atoms with E-state index in [9.17, 15) is 14.0 Å². The summed E-state index contributed by atoms with van der Waals surface area (Å²) in [7, 11) is 1.61. The minimum absolute atomic E-state index is 0.0205. The molecule has 47 heavy (non-hydrogen) atoms. The molecule has 4 aromatic rings. The van der Waals surface area contributed by atoms with E-state index >= 15 is 4.39 Å². The lowest BCUT2D eigenvalue weighted by Gasteiger charge is -2.27. The molecular weight excluding hydrogens is 604 g/mol. The number of piperidine rings is 1. The van der Waals surface area contributed by atoms with Crippen LogP contribution in [0.15, 0.2) is 30.3 Å². The maximum absolute atomic E-state index is 15.6. The number of nitrogens with one attached hydrogen (secondary N) is 3. The average Bonchev–Trinajstić information content (AvgIpc) is 3.58. The number of ether oxygens (including phenoxy) is 1. The van der Waals surface area contributed by atoms with Gasteiger partial charge in [-0.15, -0.1) is 0 Å². The first-order valence-corrected chi connectivity index (χ1v) is 16.7. The van der Waals surface area contributed by atoms with Crippen LogP contribution in [0.2, 0.25) is 0 Å². The maximum Gasteiger partial charge on any atom is 0.254 e. The van der Waals surface area contributed by atoms with Crippen LogP contribution in [0, 0.1) is 11.2 Å². The Hall–Kier alpha value is -3.90. The first kappa shape index (κ1) is 33.0. The molecule has 2 aliphatic heterocycles. The fraction of sp³-hybridized carbons (Fsp3) is 0.543. The minimum Gasteiger partial charge on any atom is -0.383 e. The van der Waals surface area contributed by atoms with Gasteiger partial charge in [-0.25, -0.2) is 18.7 Å². The first-order valence-electron chi connectivity index (χ1n) is 16.7. The predicted octanol–water partition coefficient (Wildman–Crippen LogP) is 5.44. The van der Waals surface area contributed by atoms with Crippen molar-refractivity contribution in [1.82, 2.24) is 35.1 Å². The van der Waals surface area contributed by atoms with E-state index < -0.39 is 29.4 Å². The quantitative estimate of drug-likeness (QED) is 0.257. The number of hydrogen-bond donors (Lipinski definition) is 3. The normalized spacial score (nSPS) is 22.3. The van der Waals surface area contributed by atoms with Crippen molar-refractivity contribution < 1.29 is 23.1 Å². The summed E-state index contributed by atoms with van der Waals surface area (Å²) in [6.07, 6.45) is 3.78. The first-order chi connectivity index (χ1) is 22.6. The summed E-state index contributed by atoms with van der Waals surface area (Å²) in [6, 6.07) is 7.77. The van der Waals surface area contributed by atoms with Crippen molar-refractivity contribution in [3.8, 4) is 11.5 Å². The molecule has 0 saturated carbocycles. The molecule has 0 radical (unpaired) electrons. The van der Waals surface area contributed by atoms with E-state index in [-0.39, 0.29) is 30.5 Å². The van der Waals surface area contributed by atoms with Gasteiger partial charge in [0.15, 0.2) is 5.82 Å². The molecule has 3 aromatic heterocycles. The van der Waals surface area contributed by atoms with Gasteiger partial charge in [0.1, 0.15) is 17.6 Å². The van der Waals surface area contributed by atoms with E-state index in [2.05, 4.69) is 20.5 Å². The van der Waals surface area contributed by atoms with Crippen LogP contribution in [-0.4, -0.2) is 69.9 Å². The van der Waals surface area contributed by atoms with Crippen LogP contribution in [0.4, 0.5) is 8.78 Å². The lowest BCUT2D eigenvalue weighted by Crippen LogP contribution is -2.52. The number of methoxy groups -OCH3 is 1. The molecule has 3 atom stereocenters. The highest BCUT2D eigenvalue weighted by Crippen LogP contribution is 2.33. The number of hydrogen-bond acceptors (Lipinski definition) is 6. The minimum atomic E-state index is -1.20. The Bertz CT molecular complexity index is 1780. The molecule has 252 valence electrons. The Balaban J connectivity index is 1.43. The average molecular weight is 650 g/mol. The Labute approximate surface area is 273 Å². The van der Waals surface area contributed by atoms with Gasteiger partial charge in [-0.2, -0.15) is 0 Å². The van der Waals surface area contributed by atoms with E-state index in [4.69, 9.17) is 14.7 Å². The van der Waals surface area contributed by atoms with Crippen LogP contribution >= 0.6 is 0 Å². The van der Waals surface area contributed by atoms with Crippen LogP contribution in [0.3, 0.4) is 0 Å². The molecule has 1 aromatic carbocycles. The number of alkyl halides is 1. The van der Waals surface area contributed by atoms with Crippen molar-refractivity contribution in [2.45, 2.75) is 90.6 Å². The lowest BCUT2D eigenvalue weighted by molar-refractivity contribution is -0.130. The summed E-state index contributed by atoms with van der Waals surface area (Å²) in [5.41, 5.74) is 2.72. The molecule has 10 nitrogen and oxygen atoms in total. The Kier molecular flexibility index (Phi) is 9.61. The number of rotatable bonds is 6. The summed E-state index contributed by atoms with van der Waals surface area (Å²) in [5.74, 6) is -0.741. The monoisotopic (exact) mass is 649 g/mol. The number of halogens is 2. The fourth-order valence-corrected chi connectivity index (χ4v) is 6.70. The number of imidazole rings is 1. The van der Waals surface area contributed by atoms with Crippen LogP contribution < -0.4 is 16.0 Å². The molecule has 6 rings (SSSR count). The van der Waals surface area contributed by atoms with E-state index in [1.807, 2.05) is 43.5 Å². The van der Waals surface area contributed by atoms with E-state index in [0.717, 1.165) is 54.5 Å². The smallest absolute Gasteiger partial charge is 0.254 e. The van der Waals surface area contributed by atoms with Crippen LogP contribution in [0.5, 0.6) is 0 Å². The van der Waals surface area contributed by atoms with Crippen LogP contribution in [0.25, 0.3) is 33.6 Å². The zero-order chi connectivity index (χ0) is 33.3. The van der Waals surface area contributed by atoms with Crippen LogP contribution in [-0.2, 0) is 22.6 Å². The van der Waals surface area contributed by atoms with Crippen molar-refractivity contribution in [2.75, 3.05) is 26.8 Å². The number of amides is 2. The molecule has 2 aliphatic rings. The lowest BCUT2D eigenvalue weighted by atomic mass is 9.85. The number of carbonyl (C=O) groups excluding carboxylic acids is 2. The number of carbonyl (C=O) groups is 2. The molecule has 3 N–H and O–H groups in total. The summed E-state index contributed by atoms with van der Waals surface area (Å²) in [4.78, 5) is 36.3. The number of nitrogens with zero attached hydrogens (tertiary/aromatic N) is 4. The van der Waals surface area contributed by atoms with E-state index in [1.165, 1.54) is 12.1 Å². The number of pyridine rings is 1. The molecule has 0 aliphatic carbocycles. The predicted molar refractivity (Wildman–Crippen MR) is 177 cm³/mol. The van der Waals surface area contributed by atoms with Gasteiger partial charge in [0, 0.05) is 43.6 Å². The fourth-order valence-electron chi connectivity index (χ4n) is 6.70. The van der Waals surface area contributed by atoms with Gasteiger partial charge < -0.3 is 29.8 Å². The molecular formula is C35H45F2N7O3. The zero-order valence-electron chi connectivity index (χ0n) is 27.7. The summed E-state index contributed by atoms with van der Waals surface area (Å²) in [5, 5.41) is 9.83. The van der Waals surface area contributed by atoms with Gasteiger partial charge in [-0.1, -0.05) is 33.1 Å². The van der Waals surface area contributed by atoms with Crippen molar-refractivity contribution in [3.63, 3.8) is 0 Å². The molecule has 2 bridgehead atoms. The van der Waals surface area contributed by atoms with E-state index in [0.29, 0.717) is 43.1 Å². The zero-order valence-corrected chi connectivity index (χ0v) is 27.7. The van der Waals surface area contributed by atoms with E-state index in [1.54, 1.807) is 7.11 Å². The van der Waals surface area contributed by atoms with Crippen molar-refractivity contribution in [2.24, 2.45) is 5.41 Å². The third-order valence-electron chi connectivity index (χ3n) is 9.65. The van der Waals surface area contributed by atoms with Crippen molar-refractivity contribution in [1.29, 1.82) is 0 Å². The maximum atomic E-state index is 15.6. The Morgan fingerprint density at radius 3 is 2.74 bits per heavy atom. The topological polar surface area (TPSA) is 115 Å². The number of aromatic nitrogens is 4. The summed E-state index contributed by atoms with van der Waals surface area (Å²) in [6.45, 7) is 8.25. The number of benzene rings is 1. The molecule has 0 unspecified atom stereocenters. The van der Waals surface area contributed by atoms with Gasteiger partial charge in [-0.05, 0) is 57.0 Å². The second-order valence-corrected chi connectivity index (χ2v) is 13.6. The highest BCUT2D eigenvalue weighted by molar-refractivity contribution is 5.98. The van der Waals surface area contributed by atoms with Crippen molar-refractivity contribution in [3.05, 3.63) is 47.4 Å². The second kappa shape index (κ2) is 13.7. The van der Waals surface area contributed by atoms with Crippen molar-refractivity contribution >= 4 is 33.9 Å². The highest BCUT2D eigenvalue weighted by Gasteiger charge is 2.30. The summed E-state index contributed by atoms with van der Waals surface area (Å²) >= 11 is 0. The number of fused-ring (bicyclic) bond motifs is 2. The second-order valence-electron chi connectivity index (χ2n) is 13.6. The molecule has 0 spiro atoms. The highest BCUT2D eigenvalue weighted by atomic mass is 19.1. The molecule has 12 heteroatoms. The molecule has 1 fully saturated rings. The Morgan fingerprint density at radius 2 is 1.96 bits per heavy atom. The molecule has 1 saturated heterocycles. The standard InChI is InChI=1S/C35H45F2N7O3/c1-21-26-10-9-22-17-30(43(31(22)40-26)14-8-6-5-7-12-35(2,3)34(46)39-21)32-41-27-18-23(25(37)19-29(27)44(32)15-16-47-4)33(45)42-28-20-38-13-11-24(28)36/h9-10,17-19,21,24,28,38H,5-8,11-16,20H2,1-4H3,(H,39,46)(H,42,45)/t21-,24+,28+/m1/s1. The SMILES string of the molecule is COCCn1c(-c2cc3ccc4nc3n2CCCCCCC(C)(C)C(=O)N[C@@H]4C)nc2cc(C(=O)N[C@H]3CNCC[C@@H]3F)c(F)cc21. The Morgan fingerprint density at radius 1 is 1.15 bits per heavy atom. The van der Waals surface area contributed by atoms with Crippen LogP contribution in [0.1, 0.15) is 81.4 Å². The number of aryl methyl sites for hydroxylation is 1. The van der Waals surface area contributed by atoms with Gasteiger partial charge in [-0.3, -0.25) is 9.59 Å². The van der Waals surface area contributed by atoms with Gasteiger partial charge in [0.25, 0.3) is 5.91 Å². The third-order valence-corrected chi connectivity index (χ3v) is 9.65. The molecule has 2 amide bonds. The van der Waals surface area contributed by atoms with Gasteiger partial charge in [0.05, 0.1) is 46.7 Å². The molecule has 5 heterocycles. The largest absolute Gasteiger partial charge is 0.383 e. The summed E-state index contributed by atoms with van der Waals surface area (Å²) < 4.78 is 39.5.